The molecule has 1 heterocycles. The van der Waals surface area contributed by atoms with Gasteiger partial charge in [0.05, 0.1) is 19.4 Å². The van der Waals surface area contributed by atoms with Crippen LogP contribution in [-0.4, -0.2) is 6.61 Å². The van der Waals surface area contributed by atoms with Gasteiger partial charge in [-0.2, -0.15) is 0 Å². The molecular weight excluding hydrogens is 413 g/mol. The Morgan fingerprint density at radius 2 is 1.81 bits per heavy atom. The van der Waals surface area contributed by atoms with Crippen molar-refractivity contribution in [2.75, 3.05) is 6.61 Å². The van der Waals surface area contributed by atoms with Crippen LogP contribution in [0.15, 0.2) is 63.7 Å². The topological polar surface area (TPSA) is 43.6 Å². The Labute approximate surface area is 166 Å². The van der Waals surface area contributed by atoms with Gasteiger partial charge in [0.15, 0.2) is 11.5 Å². The summed E-state index contributed by atoms with van der Waals surface area (Å²) in [5, 5.41) is 3.34. The minimum atomic E-state index is -0.261. The zero-order valence-electron chi connectivity index (χ0n) is 15.0. The molecule has 1 aromatic heterocycles. The molecule has 3 rings (SSSR count). The highest BCUT2D eigenvalue weighted by Crippen LogP contribution is 2.34. The first-order valence-electron chi connectivity index (χ1n) is 8.71. The molecule has 4 nitrogen and oxygen atoms in total. The fourth-order valence-corrected chi connectivity index (χ4v) is 3.03. The van der Waals surface area contributed by atoms with E-state index in [1.165, 1.54) is 12.1 Å². The number of halogens is 2. The Morgan fingerprint density at radius 1 is 1.04 bits per heavy atom. The average Bonchev–Trinajstić information content (AvgIpc) is 3.18. The molecule has 0 aliphatic heterocycles. The van der Waals surface area contributed by atoms with E-state index in [9.17, 15) is 4.39 Å². The summed E-state index contributed by atoms with van der Waals surface area (Å²) >= 11 is 3.60. The van der Waals surface area contributed by atoms with Crippen molar-refractivity contribution in [3.8, 4) is 11.5 Å². The fourth-order valence-electron chi connectivity index (χ4n) is 2.57. The lowest BCUT2D eigenvalue weighted by molar-refractivity contribution is 0.268. The van der Waals surface area contributed by atoms with E-state index >= 15 is 0 Å². The zero-order valence-corrected chi connectivity index (χ0v) is 16.6. The Hall–Kier alpha value is -2.31. The molecule has 0 bridgehead atoms. The minimum Gasteiger partial charge on any atom is -0.490 e. The largest absolute Gasteiger partial charge is 0.490 e. The summed E-state index contributed by atoms with van der Waals surface area (Å²) in [5.41, 5.74) is 1.94. The van der Waals surface area contributed by atoms with Crippen LogP contribution in [0.4, 0.5) is 4.39 Å². The molecule has 0 amide bonds. The second-order valence-corrected chi connectivity index (χ2v) is 6.78. The van der Waals surface area contributed by atoms with Gasteiger partial charge in [-0.05, 0) is 54.4 Å². The molecule has 3 aromatic rings. The molecular formula is C21H21BrFNO3. The summed E-state index contributed by atoms with van der Waals surface area (Å²) in [4.78, 5) is 0. The number of hydrogen-bond donors (Lipinski definition) is 1. The van der Waals surface area contributed by atoms with Crippen LogP contribution in [0.2, 0.25) is 0 Å². The van der Waals surface area contributed by atoms with Gasteiger partial charge in [0.2, 0.25) is 0 Å². The predicted octanol–water partition coefficient (Wildman–Crippen LogP) is 5.45. The van der Waals surface area contributed by atoms with Gasteiger partial charge in [-0.25, -0.2) is 4.39 Å². The lowest BCUT2D eigenvalue weighted by atomic mass is 10.2. The van der Waals surface area contributed by atoms with Crippen molar-refractivity contribution in [1.29, 1.82) is 0 Å². The minimum absolute atomic E-state index is 0.261. The van der Waals surface area contributed by atoms with Crippen LogP contribution in [0.3, 0.4) is 0 Å². The summed E-state index contributed by atoms with van der Waals surface area (Å²) in [5.74, 6) is 1.94. The normalized spacial score (nSPS) is 10.8. The molecule has 2 aromatic carbocycles. The van der Waals surface area contributed by atoms with E-state index in [2.05, 4.69) is 21.2 Å². The highest BCUT2D eigenvalue weighted by atomic mass is 79.9. The zero-order chi connectivity index (χ0) is 19.1. The molecule has 0 atom stereocenters. The van der Waals surface area contributed by atoms with Crippen molar-refractivity contribution >= 4 is 15.9 Å². The summed E-state index contributed by atoms with van der Waals surface area (Å²) in [6.45, 7) is 4.10. The molecule has 0 radical (unpaired) electrons. The van der Waals surface area contributed by atoms with Gasteiger partial charge in [-0.1, -0.05) is 28.1 Å². The van der Waals surface area contributed by atoms with Crippen LogP contribution in [0.5, 0.6) is 11.5 Å². The molecule has 0 fully saturated rings. The fraction of sp³-hybridized carbons (Fsp3) is 0.238. The van der Waals surface area contributed by atoms with E-state index in [0.717, 1.165) is 21.4 Å². The SMILES string of the molecule is CCOc1cc(CNCc2ccco2)c(Br)cc1OCc1ccc(F)cc1. The third-order valence-electron chi connectivity index (χ3n) is 3.91. The van der Waals surface area contributed by atoms with Crippen molar-refractivity contribution in [2.24, 2.45) is 0 Å². The van der Waals surface area contributed by atoms with Gasteiger partial charge < -0.3 is 19.2 Å². The van der Waals surface area contributed by atoms with Crippen molar-refractivity contribution in [2.45, 2.75) is 26.6 Å². The monoisotopic (exact) mass is 433 g/mol. The average molecular weight is 434 g/mol. The Morgan fingerprint density at radius 3 is 2.52 bits per heavy atom. The van der Waals surface area contributed by atoms with Gasteiger partial charge in [-0.15, -0.1) is 0 Å². The maximum Gasteiger partial charge on any atom is 0.162 e. The molecule has 0 saturated heterocycles. The number of furan rings is 1. The number of rotatable bonds is 9. The van der Waals surface area contributed by atoms with E-state index in [-0.39, 0.29) is 5.82 Å². The molecule has 0 aliphatic rings. The first-order valence-corrected chi connectivity index (χ1v) is 9.50. The number of hydrogen-bond acceptors (Lipinski definition) is 4. The van der Waals surface area contributed by atoms with Crippen LogP contribution < -0.4 is 14.8 Å². The van der Waals surface area contributed by atoms with Crippen LogP contribution in [-0.2, 0) is 19.7 Å². The number of nitrogens with one attached hydrogen (secondary N) is 1. The summed E-state index contributed by atoms with van der Waals surface area (Å²) in [7, 11) is 0. The molecule has 0 spiro atoms. The maximum absolute atomic E-state index is 13.0. The first kappa shape index (κ1) is 19.5. The summed E-state index contributed by atoms with van der Waals surface area (Å²) in [6.07, 6.45) is 1.66. The van der Waals surface area contributed by atoms with Gasteiger partial charge in [-0.3, -0.25) is 0 Å². The molecule has 6 heteroatoms. The third-order valence-corrected chi connectivity index (χ3v) is 4.65. The smallest absolute Gasteiger partial charge is 0.162 e. The van der Waals surface area contributed by atoms with Gasteiger partial charge in [0.1, 0.15) is 18.2 Å². The van der Waals surface area contributed by atoms with Crippen LogP contribution >= 0.6 is 15.9 Å². The van der Waals surface area contributed by atoms with E-state index in [4.69, 9.17) is 13.9 Å². The van der Waals surface area contributed by atoms with Gasteiger partial charge >= 0.3 is 0 Å². The maximum atomic E-state index is 13.0. The molecule has 27 heavy (non-hydrogen) atoms. The van der Waals surface area contributed by atoms with Crippen LogP contribution in [0, 0.1) is 5.82 Å². The summed E-state index contributed by atoms with van der Waals surface area (Å²) < 4.78 is 30.9. The van der Waals surface area contributed by atoms with E-state index < -0.39 is 0 Å². The second kappa shape index (κ2) is 9.58. The standard InChI is InChI=1S/C21H21BrFNO3/c1-2-25-20-10-16(12-24-13-18-4-3-9-26-18)19(22)11-21(20)27-14-15-5-7-17(23)8-6-15/h3-11,24H,2,12-14H2,1H3. The molecule has 0 saturated carbocycles. The van der Waals surface area contributed by atoms with Crippen molar-refractivity contribution in [3.63, 3.8) is 0 Å². The Kier molecular flexibility index (Phi) is 6.90. The number of benzene rings is 2. The van der Waals surface area contributed by atoms with Crippen molar-refractivity contribution in [1.82, 2.24) is 5.32 Å². The Bertz CT molecular complexity index is 851. The molecule has 0 aliphatic carbocycles. The van der Waals surface area contributed by atoms with Gasteiger partial charge in [0, 0.05) is 11.0 Å². The molecule has 142 valence electrons. The highest BCUT2D eigenvalue weighted by molar-refractivity contribution is 9.10. The number of ether oxygens (including phenoxy) is 2. The van der Waals surface area contributed by atoms with Crippen LogP contribution in [0.25, 0.3) is 0 Å². The lowest BCUT2D eigenvalue weighted by Gasteiger charge is -2.15. The predicted molar refractivity (Wildman–Crippen MR) is 105 cm³/mol. The Balaban J connectivity index is 1.67. The van der Waals surface area contributed by atoms with Crippen molar-refractivity contribution in [3.05, 3.63) is 82.0 Å². The third kappa shape index (κ3) is 5.58. The van der Waals surface area contributed by atoms with Gasteiger partial charge in [0.25, 0.3) is 0 Å². The quantitative estimate of drug-likeness (QED) is 0.487. The van der Waals surface area contributed by atoms with E-state index in [0.29, 0.717) is 37.8 Å². The highest BCUT2D eigenvalue weighted by Gasteiger charge is 2.11. The second-order valence-electron chi connectivity index (χ2n) is 5.92. The molecule has 1 N–H and O–H groups in total. The first-order chi connectivity index (χ1) is 13.2. The van der Waals surface area contributed by atoms with E-state index in [1.807, 2.05) is 31.2 Å². The van der Waals surface area contributed by atoms with Crippen LogP contribution in [0.1, 0.15) is 23.8 Å². The van der Waals surface area contributed by atoms with E-state index in [1.54, 1.807) is 18.4 Å². The lowest BCUT2D eigenvalue weighted by Crippen LogP contribution is -2.13. The van der Waals surface area contributed by atoms with Crippen molar-refractivity contribution < 1.29 is 18.3 Å². The molecule has 0 unspecified atom stereocenters. The summed E-state index contributed by atoms with van der Waals surface area (Å²) in [6, 6.07) is 13.9.